The molecule has 1 aromatic carbocycles. The molecule has 1 fully saturated rings. The number of halogens is 1. The molecule has 0 spiro atoms. The molecule has 7 heteroatoms. The van der Waals surface area contributed by atoms with Crippen molar-refractivity contribution in [3.63, 3.8) is 0 Å². The maximum Gasteiger partial charge on any atom is 0.224 e. The minimum atomic E-state index is 0. The number of carbonyl (C=O) groups is 1. The average Bonchev–Trinajstić information content (AvgIpc) is 2.94. The van der Waals surface area contributed by atoms with Crippen LogP contribution in [0.5, 0.6) is 0 Å². The summed E-state index contributed by atoms with van der Waals surface area (Å²) in [6.07, 6.45) is 4.41. The average molecular weight is 336 g/mol. The molecule has 2 heterocycles. The van der Waals surface area contributed by atoms with Gasteiger partial charge in [0.05, 0.1) is 0 Å². The summed E-state index contributed by atoms with van der Waals surface area (Å²) in [4.78, 5) is 12.2. The lowest BCUT2D eigenvalue weighted by Crippen LogP contribution is -2.30. The third kappa shape index (κ3) is 4.53. The van der Waals surface area contributed by atoms with E-state index in [1.165, 1.54) is 0 Å². The number of amides is 1. The van der Waals surface area contributed by atoms with Crippen molar-refractivity contribution in [2.45, 2.75) is 19.3 Å². The molecule has 0 aliphatic carbocycles. The Kier molecular flexibility index (Phi) is 6.12. The number of hydrogen-bond donors (Lipinski definition) is 2. The summed E-state index contributed by atoms with van der Waals surface area (Å²) >= 11 is 0. The Balaban J connectivity index is 0.00000192. The predicted molar refractivity (Wildman–Crippen MR) is 92.5 cm³/mol. The number of anilines is 1. The topological polar surface area (TPSA) is 71.8 Å². The summed E-state index contributed by atoms with van der Waals surface area (Å²) in [6, 6.07) is 7.72. The fourth-order valence-electron chi connectivity index (χ4n) is 2.84. The van der Waals surface area contributed by atoms with Crippen LogP contribution >= 0.6 is 12.4 Å². The Morgan fingerprint density at radius 2 is 2.17 bits per heavy atom. The van der Waals surface area contributed by atoms with Crippen LogP contribution < -0.4 is 10.6 Å². The number of piperidine rings is 1. The van der Waals surface area contributed by atoms with Gasteiger partial charge in [0.25, 0.3) is 0 Å². The summed E-state index contributed by atoms with van der Waals surface area (Å²) in [5.74, 6) is 1.36. The summed E-state index contributed by atoms with van der Waals surface area (Å²) in [5, 5.41) is 14.3. The van der Waals surface area contributed by atoms with Crippen molar-refractivity contribution in [1.82, 2.24) is 20.1 Å². The third-order valence-corrected chi connectivity index (χ3v) is 4.05. The predicted octanol–water partition coefficient (Wildman–Crippen LogP) is 2.23. The van der Waals surface area contributed by atoms with E-state index in [4.69, 9.17) is 0 Å². The molecule has 1 aliphatic heterocycles. The molecule has 124 valence electrons. The van der Waals surface area contributed by atoms with Gasteiger partial charge >= 0.3 is 0 Å². The first-order valence-electron chi connectivity index (χ1n) is 7.67. The van der Waals surface area contributed by atoms with Gasteiger partial charge in [0.2, 0.25) is 5.91 Å². The molecule has 1 aromatic heterocycles. The number of aryl methyl sites for hydroxylation is 1. The van der Waals surface area contributed by atoms with Crippen LogP contribution in [0.4, 0.5) is 5.69 Å². The Labute approximate surface area is 142 Å². The van der Waals surface area contributed by atoms with Crippen LogP contribution in [0.3, 0.4) is 0 Å². The molecule has 0 bridgehead atoms. The van der Waals surface area contributed by atoms with Crippen LogP contribution in [0.2, 0.25) is 0 Å². The zero-order chi connectivity index (χ0) is 15.4. The van der Waals surface area contributed by atoms with Gasteiger partial charge in [-0.25, -0.2) is 0 Å². The first-order chi connectivity index (χ1) is 10.7. The van der Waals surface area contributed by atoms with E-state index in [-0.39, 0.29) is 18.3 Å². The number of rotatable bonds is 4. The van der Waals surface area contributed by atoms with Crippen molar-refractivity contribution < 1.29 is 4.79 Å². The highest BCUT2D eigenvalue weighted by molar-refractivity contribution is 5.91. The summed E-state index contributed by atoms with van der Waals surface area (Å²) < 4.78 is 1.86. The number of hydrogen-bond acceptors (Lipinski definition) is 4. The third-order valence-electron chi connectivity index (χ3n) is 4.05. The maximum absolute atomic E-state index is 12.2. The van der Waals surface area contributed by atoms with Crippen LogP contribution in [-0.2, 0) is 11.8 Å². The van der Waals surface area contributed by atoms with Gasteiger partial charge in [-0.2, -0.15) is 0 Å². The van der Waals surface area contributed by atoms with E-state index in [1.54, 1.807) is 6.33 Å². The van der Waals surface area contributed by atoms with E-state index in [9.17, 15) is 4.79 Å². The van der Waals surface area contributed by atoms with Crippen molar-refractivity contribution in [2.24, 2.45) is 13.0 Å². The smallest absolute Gasteiger partial charge is 0.224 e. The molecule has 23 heavy (non-hydrogen) atoms. The summed E-state index contributed by atoms with van der Waals surface area (Å²) in [5.41, 5.74) is 1.75. The van der Waals surface area contributed by atoms with E-state index in [2.05, 4.69) is 20.8 Å². The molecular weight excluding hydrogens is 314 g/mol. The van der Waals surface area contributed by atoms with Crippen molar-refractivity contribution in [2.75, 3.05) is 18.4 Å². The fourth-order valence-corrected chi connectivity index (χ4v) is 2.84. The van der Waals surface area contributed by atoms with E-state index < -0.39 is 0 Å². The number of nitrogens with zero attached hydrogens (tertiary/aromatic N) is 3. The van der Waals surface area contributed by atoms with Crippen LogP contribution in [0, 0.1) is 5.92 Å². The second-order valence-electron chi connectivity index (χ2n) is 5.79. The molecule has 0 saturated carbocycles. The summed E-state index contributed by atoms with van der Waals surface area (Å²) in [6.45, 7) is 2.03. The zero-order valence-corrected chi connectivity index (χ0v) is 14.0. The first kappa shape index (κ1) is 17.4. The molecule has 2 N–H and O–H groups in total. The lowest BCUT2D eigenvalue weighted by Gasteiger charge is -2.21. The number of carbonyl (C=O) groups excluding carboxylic acids is 1. The van der Waals surface area contributed by atoms with E-state index in [0.29, 0.717) is 12.3 Å². The summed E-state index contributed by atoms with van der Waals surface area (Å²) in [7, 11) is 1.90. The van der Waals surface area contributed by atoms with Gasteiger partial charge in [-0.1, -0.05) is 12.1 Å². The Hall–Kier alpha value is -1.92. The Morgan fingerprint density at radius 3 is 2.87 bits per heavy atom. The van der Waals surface area contributed by atoms with Gasteiger partial charge in [-0.15, -0.1) is 22.6 Å². The van der Waals surface area contributed by atoms with Crippen LogP contribution in [0.1, 0.15) is 19.3 Å². The lowest BCUT2D eigenvalue weighted by atomic mass is 9.94. The molecule has 0 atom stereocenters. The molecular formula is C16H22ClN5O. The van der Waals surface area contributed by atoms with Gasteiger partial charge in [0.15, 0.2) is 5.82 Å². The van der Waals surface area contributed by atoms with Gasteiger partial charge in [0.1, 0.15) is 6.33 Å². The van der Waals surface area contributed by atoms with Crippen LogP contribution in [0.15, 0.2) is 30.6 Å². The number of benzene rings is 1. The highest BCUT2D eigenvalue weighted by Gasteiger charge is 2.17. The van der Waals surface area contributed by atoms with Gasteiger partial charge < -0.3 is 15.2 Å². The van der Waals surface area contributed by atoms with Crippen molar-refractivity contribution >= 4 is 24.0 Å². The normalized spacial score (nSPS) is 15.0. The molecule has 1 amide bonds. The number of aromatic nitrogens is 3. The highest BCUT2D eigenvalue weighted by atomic mass is 35.5. The first-order valence-corrected chi connectivity index (χ1v) is 7.67. The van der Waals surface area contributed by atoms with Crippen LogP contribution in [-0.4, -0.2) is 33.8 Å². The van der Waals surface area contributed by atoms with Gasteiger partial charge in [-0.05, 0) is 44.0 Å². The molecule has 1 aliphatic rings. The van der Waals surface area contributed by atoms with Gasteiger partial charge in [-0.3, -0.25) is 4.79 Å². The minimum Gasteiger partial charge on any atom is -0.326 e. The van der Waals surface area contributed by atoms with Crippen molar-refractivity contribution in [1.29, 1.82) is 0 Å². The zero-order valence-electron chi connectivity index (χ0n) is 13.2. The van der Waals surface area contributed by atoms with Gasteiger partial charge in [0, 0.05) is 24.7 Å². The molecule has 3 rings (SSSR count). The second-order valence-corrected chi connectivity index (χ2v) is 5.79. The lowest BCUT2D eigenvalue weighted by molar-refractivity contribution is -0.117. The fraction of sp³-hybridized carbons (Fsp3) is 0.438. The van der Waals surface area contributed by atoms with E-state index in [1.807, 2.05) is 35.9 Å². The van der Waals surface area contributed by atoms with E-state index >= 15 is 0 Å². The SMILES string of the molecule is Cl.Cn1cnnc1-c1cccc(NC(=O)CC2CCNCC2)c1. The largest absolute Gasteiger partial charge is 0.326 e. The van der Waals surface area contributed by atoms with Crippen LogP contribution in [0.25, 0.3) is 11.4 Å². The molecule has 6 nitrogen and oxygen atoms in total. The van der Waals surface area contributed by atoms with Crippen molar-refractivity contribution in [3.8, 4) is 11.4 Å². The second kappa shape index (κ2) is 8.08. The molecule has 1 saturated heterocycles. The standard InChI is InChI=1S/C16H21N5O.ClH/c1-21-11-18-20-16(21)13-3-2-4-14(10-13)19-15(22)9-12-5-7-17-8-6-12;/h2-4,10-12,17H,5-9H2,1H3,(H,19,22);1H. The highest BCUT2D eigenvalue weighted by Crippen LogP contribution is 2.21. The Bertz CT molecular complexity index is 651. The molecule has 0 radical (unpaired) electrons. The monoisotopic (exact) mass is 335 g/mol. The van der Waals surface area contributed by atoms with Crippen molar-refractivity contribution in [3.05, 3.63) is 30.6 Å². The quantitative estimate of drug-likeness (QED) is 0.898. The maximum atomic E-state index is 12.2. The number of nitrogens with one attached hydrogen (secondary N) is 2. The molecule has 0 unspecified atom stereocenters. The van der Waals surface area contributed by atoms with E-state index in [0.717, 1.165) is 43.0 Å². The molecule has 2 aromatic rings. The Morgan fingerprint density at radius 1 is 1.39 bits per heavy atom. The minimum absolute atomic E-state index is 0.